The summed E-state index contributed by atoms with van der Waals surface area (Å²) in [5.74, 6) is 0. The quantitative estimate of drug-likeness (QED) is 0.141. The van der Waals surface area contributed by atoms with Crippen molar-refractivity contribution in [3.63, 3.8) is 0 Å². The molecule has 7 heteroatoms. The van der Waals surface area contributed by atoms with Gasteiger partial charge in [-0.25, -0.2) is 0 Å². The van der Waals surface area contributed by atoms with Crippen LogP contribution in [0.15, 0.2) is 145 Å². The fourth-order valence-corrected chi connectivity index (χ4v) is 11.5. The van der Waals surface area contributed by atoms with Crippen LogP contribution in [0, 0.1) is 25.5 Å². The zero-order valence-corrected chi connectivity index (χ0v) is 33.6. The van der Waals surface area contributed by atoms with E-state index in [1.54, 1.807) is 0 Å². The Morgan fingerprint density at radius 3 is 1.40 bits per heavy atom. The predicted octanol–water partition coefficient (Wildman–Crippen LogP) is 10.4. The third-order valence-electron chi connectivity index (χ3n) is 13.7. The minimum atomic E-state index is -0.740. The molecular formula is C50H38N6Pt. The van der Waals surface area contributed by atoms with Gasteiger partial charge in [0.15, 0.2) is 0 Å². The Balaban J connectivity index is 0.00000356. The third-order valence-corrected chi connectivity index (χ3v) is 13.7. The van der Waals surface area contributed by atoms with Gasteiger partial charge in [0.1, 0.15) is 5.66 Å². The monoisotopic (exact) mass is 917 g/mol. The van der Waals surface area contributed by atoms with E-state index in [0.717, 1.165) is 73.9 Å². The number of fused-ring (bicyclic) bond motifs is 28. The van der Waals surface area contributed by atoms with Crippen molar-refractivity contribution < 1.29 is 21.1 Å². The molecule has 0 saturated carbocycles. The molecule has 0 atom stereocenters. The maximum absolute atomic E-state index is 4.86. The summed E-state index contributed by atoms with van der Waals surface area (Å²) in [6.45, 7) is 4.81. The van der Waals surface area contributed by atoms with Gasteiger partial charge in [0, 0.05) is 64.1 Å². The average Bonchev–Trinajstić information content (AvgIpc) is 4.01. The van der Waals surface area contributed by atoms with Crippen LogP contribution in [0.2, 0.25) is 0 Å². The zero-order valence-electron chi connectivity index (χ0n) is 31.4. The standard InChI is InChI=1S/C50H38N6.Pt/c1-3-17-41-37(15-1)38-16-2-4-18-42(38)49(41)33-11-9-13-35(27-33)53-31-55(47-21-7-5-19-45(47)53)50(43-29-51-25-23-39(43)40-24-26-52-30-44(40)50)56-32-54(36-14-10-12-34(49)28-36)46-20-6-8-22-48(46)56;/h1-4,9-18,23-26,29-32H,5-8,19-22H2;/q-4;+4. The molecule has 0 fully saturated rings. The van der Waals surface area contributed by atoms with Crippen LogP contribution in [-0.4, -0.2) is 19.8 Å². The fourth-order valence-electron chi connectivity index (χ4n) is 11.5. The van der Waals surface area contributed by atoms with E-state index in [2.05, 4.69) is 155 Å². The second-order valence-corrected chi connectivity index (χ2v) is 16.2. The summed E-state index contributed by atoms with van der Waals surface area (Å²) in [7, 11) is 0. The van der Waals surface area contributed by atoms with Crippen LogP contribution in [0.3, 0.4) is 0 Å². The van der Waals surface area contributed by atoms with E-state index in [1.807, 2.05) is 12.4 Å². The number of hydrogen-bond donors (Lipinski definition) is 0. The molecule has 13 rings (SSSR count). The molecule has 6 nitrogen and oxygen atoms in total. The number of hydrogen-bond acceptors (Lipinski definition) is 6. The van der Waals surface area contributed by atoms with E-state index in [1.165, 1.54) is 67.3 Å². The van der Waals surface area contributed by atoms with Gasteiger partial charge in [0.25, 0.3) is 0 Å². The van der Waals surface area contributed by atoms with Crippen LogP contribution >= 0.6 is 0 Å². The van der Waals surface area contributed by atoms with Crippen LogP contribution in [0.5, 0.6) is 0 Å². The Hall–Kier alpha value is -5.45. The van der Waals surface area contributed by atoms with E-state index in [9.17, 15) is 0 Å². The molecule has 5 heterocycles. The minimum Gasteiger partial charge on any atom is -0.497 e. The van der Waals surface area contributed by atoms with E-state index in [-0.39, 0.29) is 21.1 Å². The van der Waals surface area contributed by atoms with Gasteiger partial charge in [-0.15, -0.1) is 35.8 Å². The molecule has 278 valence electrons. The van der Waals surface area contributed by atoms with Crippen molar-refractivity contribution in [3.8, 4) is 22.3 Å². The van der Waals surface area contributed by atoms with Gasteiger partial charge >= 0.3 is 21.1 Å². The maximum Gasteiger partial charge on any atom is 4.00 e. The summed E-state index contributed by atoms with van der Waals surface area (Å²) in [4.78, 5) is 19.9. The second-order valence-electron chi connectivity index (χ2n) is 16.2. The Bertz CT molecular complexity index is 2550. The van der Waals surface area contributed by atoms with Crippen LogP contribution in [0.1, 0.15) is 84.7 Å². The second kappa shape index (κ2) is 12.3. The smallest absolute Gasteiger partial charge is 0.497 e. The van der Waals surface area contributed by atoms with Crippen molar-refractivity contribution >= 4 is 11.4 Å². The van der Waals surface area contributed by atoms with Crippen LogP contribution in [-0.2, 0) is 32.1 Å². The van der Waals surface area contributed by atoms with E-state index in [0.29, 0.717) is 0 Å². The molecule has 6 aromatic rings. The topological polar surface area (TPSA) is 38.7 Å². The molecule has 8 bridgehead atoms. The van der Waals surface area contributed by atoms with Crippen molar-refractivity contribution in [2.24, 2.45) is 0 Å². The number of anilines is 2. The number of pyridine rings is 2. The van der Waals surface area contributed by atoms with Gasteiger partial charge < -0.3 is 19.6 Å². The van der Waals surface area contributed by atoms with Gasteiger partial charge in [0.05, 0.1) is 0 Å². The van der Waals surface area contributed by atoms with Crippen LogP contribution < -0.4 is 9.80 Å². The molecule has 7 aliphatic rings. The first-order chi connectivity index (χ1) is 27.8. The van der Waals surface area contributed by atoms with Gasteiger partial charge in [0.2, 0.25) is 0 Å². The molecule has 2 aromatic heterocycles. The summed E-state index contributed by atoms with van der Waals surface area (Å²) >= 11 is 0. The van der Waals surface area contributed by atoms with Crippen molar-refractivity contribution in [3.05, 3.63) is 203 Å². The Morgan fingerprint density at radius 1 is 0.474 bits per heavy atom. The molecule has 0 amide bonds. The molecule has 0 saturated heterocycles. The first-order valence-electron chi connectivity index (χ1n) is 20.2. The van der Waals surface area contributed by atoms with Gasteiger partial charge in [-0.05, 0) is 96.9 Å². The summed E-state index contributed by atoms with van der Waals surface area (Å²) < 4.78 is 0. The van der Waals surface area contributed by atoms with E-state index in [4.69, 9.17) is 9.97 Å². The number of nitrogens with zero attached hydrogens (tertiary/aromatic N) is 6. The molecular weight excluding hydrogens is 880 g/mol. The normalized spacial score (nSPS) is 19.8. The fraction of sp³-hybridized carbons (Fsp3) is 0.200. The zero-order chi connectivity index (χ0) is 36.6. The number of benzene rings is 4. The Labute approximate surface area is 348 Å². The van der Waals surface area contributed by atoms with Crippen molar-refractivity contribution in [1.29, 1.82) is 0 Å². The summed E-state index contributed by atoms with van der Waals surface area (Å²) in [6.07, 6.45) is 16.7. The number of rotatable bonds is 0. The molecule has 2 spiro atoms. The first kappa shape index (κ1) is 33.7. The molecule has 0 radical (unpaired) electrons. The number of allylic oxidation sites excluding steroid dienone is 4. The first-order valence-corrected chi connectivity index (χ1v) is 20.2. The molecule has 4 aliphatic carbocycles. The largest absolute Gasteiger partial charge is 4.00 e. The van der Waals surface area contributed by atoms with Crippen molar-refractivity contribution in [2.75, 3.05) is 9.80 Å². The Morgan fingerprint density at radius 2 is 0.912 bits per heavy atom. The third kappa shape index (κ3) is 4.19. The number of aromatic nitrogens is 2. The minimum absolute atomic E-state index is 0. The van der Waals surface area contributed by atoms with E-state index >= 15 is 0 Å². The molecule has 3 aliphatic heterocycles. The van der Waals surface area contributed by atoms with Gasteiger partial charge in [-0.3, -0.25) is 9.97 Å². The molecule has 4 aromatic carbocycles. The van der Waals surface area contributed by atoms with Gasteiger partial charge in [-0.1, -0.05) is 48.5 Å². The molecule has 0 N–H and O–H groups in total. The van der Waals surface area contributed by atoms with E-state index < -0.39 is 11.1 Å². The molecule has 0 unspecified atom stereocenters. The average molecular weight is 918 g/mol. The summed E-state index contributed by atoms with van der Waals surface area (Å²) in [6, 6.07) is 44.3. The van der Waals surface area contributed by atoms with Gasteiger partial charge in [-0.2, -0.15) is 48.5 Å². The van der Waals surface area contributed by atoms with Crippen LogP contribution in [0.4, 0.5) is 11.4 Å². The molecule has 57 heavy (non-hydrogen) atoms. The SMILES string of the molecule is [Pt+4].[c-]1c2cccc1C1(c3[c-]c(ccc3)N3[CH-]N(C4=C3CCCC4)C3(c4cnccc4-c4ccncc43)N3[CH-]N2C2=C3CCCC2)c2ccccc2-c2ccccc21. The van der Waals surface area contributed by atoms with Crippen molar-refractivity contribution in [2.45, 2.75) is 62.4 Å². The predicted molar refractivity (Wildman–Crippen MR) is 218 cm³/mol. The van der Waals surface area contributed by atoms with Crippen molar-refractivity contribution in [1.82, 2.24) is 19.8 Å². The van der Waals surface area contributed by atoms with Crippen LogP contribution in [0.25, 0.3) is 22.3 Å². The maximum atomic E-state index is 4.86. The summed E-state index contributed by atoms with van der Waals surface area (Å²) in [5, 5.41) is 0. The summed E-state index contributed by atoms with van der Waals surface area (Å²) in [5.41, 5.74) is 18.4. The Kier molecular flexibility index (Phi) is 7.25.